The number of hydrogen-bond donors (Lipinski definition) is 0. The van der Waals surface area contributed by atoms with Crippen LogP contribution in [0, 0.1) is 0 Å². The molecule has 0 atom stereocenters. The highest BCUT2D eigenvalue weighted by molar-refractivity contribution is 7.25. The van der Waals surface area contributed by atoms with Gasteiger partial charge in [-0.2, -0.15) is 4.57 Å². The van der Waals surface area contributed by atoms with Crippen molar-refractivity contribution in [3.05, 3.63) is 176 Å². The molecule has 8 aromatic carbocycles. The zero-order chi connectivity index (χ0) is 34.6. The van der Waals surface area contributed by atoms with Crippen molar-refractivity contribution in [2.24, 2.45) is 0 Å². The van der Waals surface area contributed by atoms with Crippen LogP contribution in [0.1, 0.15) is 0 Å². The van der Waals surface area contributed by atoms with Gasteiger partial charge in [0.15, 0.2) is 5.52 Å². The predicted molar refractivity (Wildman–Crippen MR) is 222 cm³/mol. The van der Waals surface area contributed by atoms with E-state index in [0.717, 1.165) is 39.3 Å². The summed E-state index contributed by atoms with van der Waals surface area (Å²) in [7, 11) is 0. The molecular formula is C48H29N4S+. The van der Waals surface area contributed by atoms with Crippen LogP contribution in [-0.4, -0.2) is 14.1 Å². The fraction of sp³-hybridized carbons (Fsp3) is 0. The van der Waals surface area contributed by atoms with E-state index in [2.05, 4.69) is 190 Å². The van der Waals surface area contributed by atoms with Crippen molar-refractivity contribution in [3.63, 3.8) is 0 Å². The molecule has 4 heterocycles. The van der Waals surface area contributed by atoms with E-state index in [0.29, 0.717) is 0 Å². The lowest BCUT2D eigenvalue weighted by atomic mass is 10.0. The maximum absolute atomic E-state index is 5.51. The summed E-state index contributed by atoms with van der Waals surface area (Å²) >= 11 is 1.84. The molecular weight excluding hydrogens is 665 g/mol. The molecule has 0 amide bonds. The molecule has 5 heteroatoms. The Labute approximate surface area is 307 Å². The van der Waals surface area contributed by atoms with Crippen LogP contribution >= 0.6 is 11.3 Å². The Morgan fingerprint density at radius 3 is 1.92 bits per heavy atom. The zero-order valence-corrected chi connectivity index (χ0v) is 29.3. The fourth-order valence-corrected chi connectivity index (χ4v) is 9.74. The first-order valence-electron chi connectivity index (χ1n) is 18.0. The lowest BCUT2D eigenvalue weighted by molar-refractivity contribution is -0.591. The van der Waals surface area contributed by atoms with E-state index < -0.39 is 0 Å². The van der Waals surface area contributed by atoms with Crippen LogP contribution in [0.2, 0.25) is 0 Å². The number of thiophene rings is 1. The Hall–Kier alpha value is -6.82. The van der Waals surface area contributed by atoms with E-state index in [1.807, 2.05) is 11.3 Å². The van der Waals surface area contributed by atoms with Crippen molar-refractivity contribution in [1.82, 2.24) is 14.1 Å². The van der Waals surface area contributed by atoms with Crippen molar-refractivity contribution in [2.75, 3.05) is 0 Å². The van der Waals surface area contributed by atoms with Gasteiger partial charge in [-0.05, 0) is 77.5 Å². The Morgan fingerprint density at radius 1 is 0.434 bits per heavy atom. The normalized spacial score (nSPS) is 12.2. The first kappa shape index (κ1) is 28.8. The molecule has 0 unspecified atom stereocenters. The summed E-state index contributed by atoms with van der Waals surface area (Å²) in [5, 5.41) is 11.1. The Morgan fingerprint density at radius 2 is 1.09 bits per heavy atom. The van der Waals surface area contributed by atoms with Gasteiger partial charge in [-0.15, -0.1) is 11.3 Å². The van der Waals surface area contributed by atoms with E-state index in [4.69, 9.17) is 4.98 Å². The lowest BCUT2D eigenvalue weighted by Gasteiger charge is -2.11. The largest absolute Gasteiger partial charge is 0.409 e. The standard InChI is InChI=1S/C48H29N4S/c1-3-13-34-30(11-1)21-26-43-47(34)39-25-23-33(51-41-18-8-4-14-35(41)36-15-5-9-19-42(36)51)27-44(39)52(43)48-49-40-17-7-2-12-31(40)29-50(48)32-22-24-38-37-16-6-10-20-45(37)53-46(38)28-32/h1-29H/q+1. The maximum atomic E-state index is 5.51. The predicted octanol–water partition coefficient (Wildman–Crippen LogP) is 12.2. The number of benzene rings is 8. The molecule has 0 aliphatic rings. The Balaban J connectivity index is 1.22. The average molecular weight is 694 g/mol. The molecule has 12 aromatic rings. The van der Waals surface area contributed by atoms with Gasteiger partial charge in [0.2, 0.25) is 0 Å². The summed E-state index contributed by atoms with van der Waals surface area (Å²) in [6, 6.07) is 61.6. The summed E-state index contributed by atoms with van der Waals surface area (Å²) in [5.41, 5.74) is 7.76. The monoisotopic (exact) mass is 693 g/mol. The van der Waals surface area contributed by atoms with Gasteiger partial charge in [0, 0.05) is 58.9 Å². The van der Waals surface area contributed by atoms with Crippen LogP contribution in [-0.2, 0) is 0 Å². The molecule has 246 valence electrons. The molecule has 0 bridgehead atoms. The maximum Gasteiger partial charge on any atom is 0.409 e. The number of hydrogen-bond acceptors (Lipinski definition) is 2. The summed E-state index contributed by atoms with van der Waals surface area (Å²) < 4.78 is 9.63. The van der Waals surface area contributed by atoms with Crippen LogP contribution < -0.4 is 4.57 Å². The second kappa shape index (κ2) is 10.8. The summed E-state index contributed by atoms with van der Waals surface area (Å²) in [4.78, 5) is 5.51. The number of nitrogens with zero attached hydrogens (tertiary/aromatic N) is 4. The van der Waals surface area contributed by atoms with Crippen molar-refractivity contribution in [2.45, 2.75) is 0 Å². The molecule has 0 N–H and O–H groups in total. The number of fused-ring (bicyclic) bond motifs is 12. The van der Waals surface area contributed by atoms with E-state index >= 15 is 0 Å². The molecule has 4 aromatic heterocycles. The fourth-order valence-electron chi connectivity index (χ4n) is 8.60. The summed E-state index contributed by atoms with van der Waals surface area (Å²) in [6.45, 7) is 0. The molecule has 53 heavy (non-hydrogen) atoms. The van der Waals surface area contributed by atoms with Gasteiger partial charge < -0.3 is 4.57 Å². The van der Waals surface area contributed by atoms with Crippen molar-refractivity contribution < 1.29 is 4.57 Å². The molecule has 12 rings (SSSR count). The molecule has 0 aliphatic carbocycles. The minimum Gasteiger partial charge on any atom is -0.309 e. The average Bonchev–Trinajstić information content (AvgIpc) is 3.87. The van der Waals surface area contributed by atoms with Gasteiger partial charge in [-0.1, -0.05) is 102 Å². The summed E-state index contributed by atoms with van der Waals surface area (Å²) in [5.74, 6) is 0.846. The first-order valence-corrected chi connectivity index (χ1v) is 18.8. The molecule has 0 spiro atoms. The molecule has 4 nitrogen and oxygen atoms in total. The molecule has 0 saturated heterocycles. The highest BCUT2D eigenvalue weighted by atomic mass is 32.1. The zero-order valence-electron chi connectivity index (χ0n) is 28.4. The van der Waals surface area contributed by atoms with Gasteiger partial charge in [-0.3, -0.25) is 0 Å². The minimum atomic E-state index is 0.846. The highest BCUT2D eigenvalue weighted by Gasteiger charge is 2.27. The topological polar surface area (TPSA) is 26.6 Å². The van der Waals surface area contributed by atoms with Gasteiger partial charge in [0.1, 0.15) is 16.7 Å². The Bertz CT molecular complexity index is 3420. The van der Waals surface area contributed by atoms with Crippen molar-refractivity contribution in [1.29, 1.82) is 0 Å². The van der Waals surface area contributed by atoms with E-state index in [1.165, 1.54) is 63.5 Å². The third kappa shape index (κ3) is 4.11. The third-order valence-electron chi connectivity index (χ3n) is 11.0. The highest BCUT2D eigenvalue weighted by Crippen LogP contribution is 2.40. The molecule has 0 radical (unpaired) electrons. The molecule has 0 aliphatic heterocycles. The van der Waals surface area contributed by atoms with E-state index in [1.54, 1.807) is 0 Å². The van der Waals surface area contributed by atoms with Gasteiger partial charge >= 0.3 is 5.95 Å². The second-order valence-electron chi connectivity index (χ2n) is 13.8. The SMILES string of the molecule is c1ccc2nc(-n3c4cc(-n5c6ccccc6c6ccccc65)ccc4c4c5ccccc5ccc43)[n+](-c3ccc4c(c3)sc3ccccc34)cc2c1. The number of aromatic nitrogens is 4. The minimum absolute atomic E-state index is 0.846. The Kier molecular flexibility index (Phi) is 5.90. The summed E-state index contributed by atoms with van der Waals surface area (Å²) in [6.07, 6.45) is 2.25. The van der Waals surface area contributed by atoms with Gasteiger partial charge in [-0.25, -0.2) is 4.57 Å². The smallest absolute Gasteiger partial charge is 0.309 e. The van der Waals surface area contributed by atoms with Crippen LogP contribution in [0.3, 0.4) is 0 Å². The number of rotatable bonds is 3. The lowest BCUT2D eigenvalue weighted by Crippen LogP contribution is -2.37. The van der Waals surface area contributed by atoms with Crippen LogP contribution in [0.4, 0.5) is 0 Å². The van der Waals surface area contributed by atoms with Crippen molar-refractivity contribution in [3.8, 4) is 17.3 Å². The van der Waals surface area contributed by atoms with Gasteiger partial charge in [0.25, 0.3) is 0 Å². The first-order chi connectivity index (χ1) is 26.3. The quantitative estimate of drug-likeness (QED) is 0.169. The molecule has 0 fully saturated rings. The molecule has 0 saturated carbocycles. The van der Waals surface area contributed by atoms with E-state index in [-0.39, 0.29) is 0 Å². The van der Waals surface area contributed by atoms with E-state index in [9.17, 15) is 0 Å². The van der Waals surface area contributed by atoms with Crippen LogP contribution in [0.25, 0.3) is 103 Å². The van der Waals surface area contributed by atoms with Gasteiger partial charge in [0.05, 0.1) is 17.2 Å². The van der Waals surface area contributed by atoms with Crippen LogP contribution in [0.5, 0.6) is 0 Å². The second-order valence-corrected chi connectivity index (χ2v) is 14.9. The van der Waals surface area contributed by atoms with Crippen molar-refractivity contribution >= 4 is 96.8 Å². The van der Waals surface area contributed by atoms with Crippen LogP contribution in [0.15, 0.2) is 176 Å². The number of para-hydroxylation sites is 3. The third-order valence-corrected chi connectivity index (χ3v) is 12.1.